The number of hydrogen-bond acceptors (Lipinski definition) is 11. The third-order valence-corrected chi connectivity index (χ3v) is 6.26. The van der Waals surface area contributed by atoms with Crippen molar-refractivity contribution in [3.63, 3.8) is 0 Å². The maximum atomic E-state index is 12.8. The number of amides is 2. The number of fused-ring (bicyclic) bond motifs is 1. The predicted octanol–water partition coefficient (Wildman–Crippen LogP) is -0.232. The molecule has 0 bridgehead atoms. The Kier molecular flexibility index (Phi) is 6.80. The second-order valence-electron chi connectivity index (χ2n) is 6.33. The molecule has 3 rings (SSSR count). The van der Waals surface area contributed by atoms with Gasteiger partial charge in [-0.05, 0) is 6.92 Å². The molecule has 0 spiro atoms. The Morgan fingerprint density at radius 1 is 1.45 bits per heavy atom. The normalized spacial score (nSPS) is 20.6. The van der Waals surface area contributed by atoms with E-state index in [1.165, 1.54) is 24.1 Å². The third-order valence-electron chi connectivity index (χ3n) is 4.25. The van der Waals surface area contributed by atoms with Crippen LogP contribution in [0.3, 0.4) is 0 Å². The number of nitrogens with zero attached hydrogens (tertiary/aromatic N) is 3. The highest BCUT2D eigenvalue weighted by atomic mass is 32.2. The predicted molar refractivity (Wildman–Crippen MR) is 111 cm³/mol. The first-order valence-electron chi connectivity index (χ1n) is 9.00. The van der Waals surface area contributed by atoms with E-state index in [9.17, 15) is 24.3 Å². The fourth-order valence-electron chi connectivity index (χ4n) is 2.92. The zero-order valence-electron chi connectivity index (χ0n) is 16.5. The summed E-state index contributed by atoms with van der Waals surface area (Å²) < 4.78 is 4.89. The highest BCUT2D eigenvalue weighted by Crippen LogP contribution is 2.40. The number of aromatic nitrogens is 1. The molecule has 1 unspecified atom stereocenters. The Bertz CT molecular complexity index is 989. The van der Waals surface area contributed by atoms with Crippen LogP contribution in [0.4, 0.5) is 5.13 Å². The van der Waals surface area contributed by atoms with Crippen molar-refractivity contribution in [2.45, 2.75) is 25.3 Å². The number of oxime groups is 1. The number of anilines is 1. The van der Waals surface area contributed by atoms with E-state index in [4.69, 9.17) is 15.3 Å². The molecule has 2 aliphatic rings. The molecule has 12 nitrogen and oxygen atoms in total. The van der Waals surface area contributed by atoms with Crippen LogP contribution in [0, 0.1) is 0 Å². The number of hydrogen-bond donors (Lipinski definition) is 3. The van der Waals surface area contributed by atoms with Gasteiger partial charge >= 0.3 is 11.9 Å². The van der Waals surface area contributed by atoms with Gasteiger partial charge in [0.25, 0.3) is 11.8 Å². The summed E-state index contributed by atoms with van der Waals surface area (Å²) in [7, 11) is 0. The summed E-state index contributed by atoms with van der Waals surface area (Å²) >= 11 is 2.37. The summed E-state index contributed by atoms with van der Waals surface area (Å²) in [4.78, 5) is 58.3. The summed E-state index contributed by atoms with van der Waals surface area (Å²) in [6, 6.07) is -0.968. The Morgan fingerprint density at radius 3 is 2.77 bits per heavy atom. The van der Waals surface area contributed by atoms with Crippen molar-refractivity contribution in [3.8, 4) is 0 Å². The molecule has 1 fully saturated rings. The molecule has 0 saturated carbocycles. The van der Waals surface area contributed by atoms with Gasteiger partial charge in [0.15, 0.2) is 10.8 Å². The summed E-state index contributed by atoms with van der Waals surface area (Å²) in [5, 5.41) is 17.1. The van der Waals surface area contributed by atoms with Crippen LogP contribution in [0.1, 0.15) is 19.5 Å². The molecule has 1 saturated heterocycles. The van der Waals surface area contributed by atoms with Gasteiger partial charge in [-0.3, -0.25) is 19.3 Å². The van der Waals surface area contributed by atoms with Crippen LogP contribution < -0.4 is 11.1 Å². The maximum absolute atomic E-state index is 12.8. The van der Waals surface area contributed by atoms with Crippen molar-refractivity contribution in [3.05, 3.63) is 22.3 Å². The van der Waals surface area contributed by atoms with E-state index < -0.39 is 35.2 Å². The van der Waals surface area contributed by atoms with Gasteiger partial charge in [0, 0.05) is 23.6 Å². The van der Waals surface area contributed by atoms with Crippen LogP contribution in [0.2, 0.25) is 0 Å². The minimum Gasteiger partial charge on any atom is -0.477 e. The van der Waals surface area contributed by atoms with Crippen LogP contribution >= 0.6 is 23.1 Å². The number of aliphatic carboxylic acids is 1. The van der Waals surface area contributed by atoms with Crippen molar-refractivity contribution in [1.82, 2.24) is 15.2 Å². The number of β-lactam (4-membered cyclic amide) rings is 1. The third kappa shape index (κ3) is 4.64. The number of nitrogens with two attached hydrogens (primary N) is 1. The lowest BCUT2D eigenvalue weighted by molar-refractivity contribution is -0.150. The van der Waals surface area contributed by atoms with Gasteiger partial charge in [0.05, 0.1) is 0 Å². The number of carbonyl (C=O) groups is 4. The first-order valence-corrected chi connectivity index (χ1v) is 10.9. The van der Waals surface area contributed by atoms with Gasteiger partial charge in [-0.1, -0.05) is 5.16 Å². The molecule has 4 N–H and O–H groups in total. The van der Waals surface area contributed by atoms with E-state index >= 15 is 0 Å². The van der Waals surface area contributed by atoms with Gasteiger partial charge in [-0.2, -0.15) is 0 Å². The van der Waals surface area contributed by atoms with Crippen LogP contribution in [-0.2, 0) is 28.8 Å². The van der Waals surface area contributed by atoms with Crippen molar-refractivity contribution in [1.29, 1.82) is 0 Å². The Labute approximate surface area is 184 Å². The lowest BCUT2D eigenvalue weighted by atomic mass is 10.0. The van der Waals surface area contributed by atoms with Gasteiger partial charge < -0.3 is 25.7 Å². The molecule has 0 radical (unpaired) electrons. The number of carboxylic acid groups (broad SMARTS) is 1. The maximum Gasteiger partial charge on any atom is 0.352 e. The second kappa shape index (κ2) is 9.34. The van der Waals surface area contributed by atoms with Crippen molar-refractivity contribution in [2.24, 2.45) is 5.16 Å². The number of carboxylic acids is 1. The number of nitrogen functional groups attached to an aromatic ring is 1. The van der Waals surface area contributed by atoms with E-state index in [0.717, 1.165) is 16.2 Å². The van der Waals surface area contributed by atoms with E-state index in [1.807, 2.05) is 0 Å². The fraction of sp³-hybridized carbons (Fsp3) is 0.412. The summed E-state index contributed by atoms with van der Waals surface area (Å²) in [6.07, 6.45) is 0. The summed E-state index contributed by atoms with van der Waals surface area (Å²) in [5.74, 6) is -2.96. The minimum absolute atomic E-state index is 0.147. The SMILES string of the molecule is CCON=C(C(=O)NC1C(=O)N2C(C(=O)O)=C(COC(C)=O)CS[C@@H]12)c1csc(N)n1. The zero-order valence-corrected chi connectivity index (χ0v) is 18.1. The van der Waals surface area contributed by atoms with Gasteiger partial charge in [0.1, 0.15) is 36.0 Å². The number of ether oxygens (including phenoxy) is 1. The zero-order chi connectivity index (χ0) is 22.7. The van der Waals surface area contributed by atoms with Crippen LogP contribution in [0.5, 0.6) is 0 Å². The molecule has 2 atom stereocenters. The van der Waals surface area contributed by atoms with Gasteiger partial charge in [-0.25, -0.2) is 9.78 Å². The molecule has 2 amide bonds. The lowest BCUT2D eigenvalue weighted by Gasteiger charge is -2.49. The molecule has 31 heavy (non-hydrogen) atoms. The molecule has 0 aromatic carbocycles. The number of esters is 1. The van der Waals surface area contributed by atoms with Crippen molar-refractivity contribution in [2.75, 3.05) is 24.7 Å². The Morgan fingerprint density at radius 2 is 2.19 bits per heavy atom. The molecule has 2 aliphatic heterocycles. The number of thiazole rings is 1. The monoisotopic (exact) mass is 469 g/mol. The van der Waals surface area contributed by atoms with Crippen LogP contribution in [-0.4, -0.2) is 74.8 Å². The number of rotatable bonds is 8. The number of carbonyl (C=O) groups excluding carboxylic acids is 3. The Hall–Kier alpha value is -3.13. The average molecular weight is 470 g/mol. The molecule has 1 aromatic rings. The summed E-state index contributed by atoms with van der Waals surface area (Å²) in [5.41, 5.74) is 5.73. The molecule has 166 valence electrons. The lowest BCUT2D eigenvalue weighted by Crippen LogP contribution is -2.71. The molecular weight excluding hydrogens is 450 g/mol. The Balaban J connectivity index is 1.78. The van der Waals surface area contributed by atoms with E-state index in [-0.39, 0.29) is 41.2 Å². The highest BCUT2D eigenvalue weighted by Gasteiger charge is 2.54. The highest BCUT2D eigenvalue weighted by molar-refractivity contribution is 8.00. The fourth-order valence-corrected chi connectivity index (χ4v) is 4.80. The van der Waals surface area contributed by atoms with Gasteiger partial charge in [-0.15, -0.1) is 23.1 Å². The number of thioether (sulfide) groups is 1. The average Bonchev–Trinajstić information content (AvgIpc) is 3.15. The number of nitrogens with one attached hydrogen (secondary N) is 1. The van der Waals surface area contributed by atoms with E-state index in [0.29, 0.717) is 5.57 Å². The van der Waals surface area contributed by atoms with E-state index in [2.05, 4.69) is 15.5 Å². The second-order valence-corrected chi connectivity index (χ2v) is 8.32. The van der Waals surface area contributed by atoms with Crippen molar-refractivity contribution < 1.29 is 33.9 Å². The smallest absolute Gasteiger partial charge is 0.352 e. The topological polar surface area (TPSA) is 174 Å². The van der Waals surface area contributed by atoms with Gasteiger partial charge in [0.2, 0.25) is 0 Å². The minimum atomic E-state index is -1.32. The molecule has 0 aliphatic carbocycles. The summed E-state index contributed by atoms with van der Waals surface area (Å²) in [6.45, 7) is 2.88. The van der Waals surface area contributed by atoms with Crippen molar-refractivity contribution >= 4 is 57.7 Å². The van der Waals surface area contributed by atoms with Crippen LogP contribution in [0.25, 0.3) is 0 Å². The quantitative estimate of drug-likeness (QED) is 0.200. The first kappa shape index (κ1) is 22.6. The largest absolute Gasteiger partial charge is 0.477 e. The molecule has 3 heterocycles. The molecule has 14 heteroatoms. The molecular formula is C17H19N5O7S2. The molecule has 1 aromatic heterocycles. The van der Waals surface area contributed by atoms with E-state index in [1.54, 1.807) is 6.92 Å². The van der Waals surface area contributed by atoms with Crippen LogP contribution in [0.15, 0.2) is 21.8 Å². The first-order chi connectivity index (χ1) is 14.7. The standard InChI is InChI=1S/C17H19N5O7S2/c1-3-29-21-10(9-6-31-17(18)19-9)13(24)20-11-14(25)22-12(16(26)27)8(4-28-7(2)23)5-30-15(11)22/h6,11,15H,3-5H2,1-2H3,(H2,18,19)(H,20,24)(H,26,27)/t11?,15-/m0/s1.